The van der Waals surface area contributed by atoms with Crippen molar-refractivity contribution in [2.75, 3.05) is 0 Å². The molecule has 0 saturated heterocycles. The fourth-order valence-electron chi connectivity index (χ4n) is 1.25. The van der Waals surface area contributed by atoms with E-state index in [-0.39, 0.29) is 0 Å². The molecule has 0 aliphatic rings. The summed E-state index contributed by atoms with van der Waals surface area (Å²) in [6.07, 6.45) is 0. The van der Waals surface area contributed by atoms with E-state index in [9.17, 15) is 13.2 Å². The molecular weight excluding hydrogens is 238 g/mol. The second-order valence-corrected chi connectivity index (χ2v) is 5.47. The van der Waals surface area contributed by atoms with Crippen molar-refractivity contribution in [1.82, 2.24) is 3.96 Å². The molecular formula is C8H7NO4S2. The molecule has 1 aromatic carbocycles. The van der Waals surface area contributed by atoms with Gasteiger partial charge >= 0.3 is 0 Å². The molecule has 0 fully saturated rings. The molecule has 7 heteroatoms. The highest BCUT2D eigenvalue weighted by atomic mass is 32.2. The first-order valence-corrected chi connectivity index (χ1v) is 6.40. The molecule has 1 aromatic heterocycles. The van der Waals surface area contributed by atoms with Gasteiger partial charge in [0.1, 0.15) is 0 Å². The molecule has 2 aromatic rings. The van der Waals surface area contributed by atoms with E-state index in [0.717, 1.165) is 15.5 Å². The fraction of sp³-hybridized carbons (Fsp3) is 0.125. The third-order valence-electron chi connectivity index (χ3n) is 1.83. The second kappa shape index (κ2) is 3.44. The molecule has 2 rings (SSSR count). The van der Waals surface area contributed by atoms with Gasteiger partial charge in [-0.1, -0.05) is 23.7 Å². The number of hydrogen-bond donors (Lipinski definition) is 1. The third-order valence-corrected chi connectivity index (χ3v) is 3.65. The molecule has 0 spiro atoms. The number of fused-ring (bicyclic) bond motifs is 1. The standard InChI is InChI=1S/C8H7NO4S2/c10-8-6-3-1-2-4-7(6)14-9(8)5-15(11,12)13/h1-4H,5H2,(H,11,12,13). The van der Waals surface area contributed by atoms with Crippen LogP contribution < -0.4 is 5.56 Å². The van der Waals surface area contributed by atoms with Crippen LogP contribution in [-0.4, -0.2) is 16.9 Å². The summed E-state index contributed by atoms with van der Waals surface area (Å²) in [5, 5.41) is 0.464. The first kappa shape index (κ1) is 10.3. The highest BCUT2D eigenvalue weighted by Gasteiger charge is 2.12. The van der Waals surface area contributed by atoms with Crippen molar-refractivity contribution in [1.29, 1.82) is 0 Å². The van der Waals surface area contributed by atoms with Crippen molar-refractivity contribution in [3.05, 3.63) is 34.6 Å². The number of aromatic nitrogens is 1. The first-order valence-electron chi connectivity index (χ1n) is 4.01. The van der Waals surface area contributed by atoms with Crippen LogP contribution >= 0.6 is 11.5 Å². The van der Waals surface area contributed by atoms with E-state index in [0.29, 0.717) is 10.1 Å². The van der Waals surface area contributed by atoms with Gasteiger partial charge in [0.05, 0.1) is 10.1 Å². The molecule has 0 atom stereocenters. The van der Waals surface area contributed by atoms with Crippen molar-refractivity contribution in [2.24, 2.45) is 0 Å². The predicted molar refractivity (Wildman–Crippen MR) is 57.6 cm³/mol. The zero-order chi connectivity index (χ0) is 11.1. The smallest absolute Gasteiger partial charge is 0.284 e. The Kier molecular flexibility index (Phi) is 2.37. The Morgan fingerprint density at radius 2 is 2.00 bits per heavy atom. The Balaban J connectivity index is 2.64. The lowest BCUT2D eigenvalue weighted by atomic mass is 10.3. The molecule has 0 bridgehead atoms. The lowest BCUT2D eigenvalue weighted by Gasteiger charge is -1.94. The summed E-state index contributed by atoms with van der Waals surface area (Å²) in [7, 11) is -4.17. The summed E-state index contributed by atoms with van der Waals surface area (Å²) in [4.78, 5) is 11.6. The summed E-state index contributed by atoms with van der Waals surface area (Å²) < 4.78 is 31.6. The average Bonchev–Trinajstić information content (AvgIpc) is 2.42. The minimum Gasteiger partial charge on any atom is -0.284 e. The van der Waals surface area contributed by atoms with E-state index in [2.05, 4.69) is 0 Å². The molecule has 0 unspecified atom stereocenters. The molecule has 0 aliphatic carbocycles. The minimum atomic E-state index is -4.17. The topological polar surface area (TPSA) is 76.4 Å². The Labute approximate surface area is 89.5 Å². The predicted octanol–water partition coefficient (Wildman–Crippen LogP) is 0.908. The van der Waals surface area contributed by atoms with Gasteiger partial charge in [0, 0.05) is 0 Å². The fourth-order valence-corrected chi connectivity index (χ4v) is 3.09. The van der Waals surface area contributed by atoms with Crippen molar-refractivity contribution in [2.45, 2.75) is 5.88 Å². The zero-order valence-corrected chi connectivity index (χ0v) is 9.09. The summed E-state index contributed by atoms with van der Waals surface area (Å²) >= 11 is 1.02. The van der Waals surface area contributed by atoms with E-state index in [1.165, 1.54) is 0 Å². The van der Waals surface area contributed by atoms with Gasteiger partial charge in [-0.25, -0.2) is 3.96 Å². The summed E-state index contributed by atoms with van der Waals surface area (Å²) in [6, 6.07) is 6.81. The summed E-state index contributed by atoms with van der Waals surface area (Å²) in [5.41, 5.74) is -0.395. The van der Waals surface area contributed by atoms with Gasteiger partial charge in [0.25, 0.3) is 15.7 Å². The van der Waals surface area contributed by atoms with Crippen LogP contribution in [0.15, 0.2) is 29.1 Å². The number of hydrogen-bond acceptors (Lipinski definition) is 4. The molecule has 0 saturated carbocycles. The van der Waals surface area contributed by atoms with Crippen molar-refractivity contribution in [3.8, 4) is 0 Å². The number of benzene rings is 1. The van der Waals surface area contributed by atoms with Gasteiger partial charge in [0.2, 0.25) is 0 Å². The van der Waals surface area contributed by atoms with E-state index in [1.807, 2.05) is 0 Å². The first-order chi connectivity index (χ1) is 6.97. The average molecular weight is 245 g/mol. The van der Waals surface area contributed by atoms with Crippen LogP contribution in [0.1, 0.15) is 0 Å². The Morgan fingerprint density at radius 1 is 1.33 bits per heavy atom. The highest BCUT2D eigenvalue weighted by molar-refractivity contribution is 7.84. The maximum atomic E-state index is 11.6. The van der Waals surface area contributed by atoms with Gasteiger partial charge in [-0.15, -0.1) is 0 Å². The van der Waals surface area contributed by atoms with E-state index < -0.39 is 21.6 Å². The minimum absolute atomic E-state index is 0.395. The van der Waals surface area contributed by atoms with Gasteiger partial charge in [0.15, 0.2) is 5.88 Å². The van der Waals surface area contributed by atoms with Gasteiger partial charge in [-0.05, 0) is 12.1 Å². The molecule has 80 valence electrons. The van der Waals surface area contributed by atoms with Crippen molar-refractivity contribution < 1.29 is 13.0 Å². The lowest BCUT2D eigenvalue weighted by Crippen LogP contribution is -2.18. The molecule has 0 aliphatic heterocycles. The van der Waals surface area contributed by atoms with Crippen LogP contribution in [0.2, 0.25) is 0 Å². The van der Waals surface area contributed by atoms with Crippen molar-refractivity contribution in [3.63, 3.8) is 0 Å². The molecule has 0 amide bonds. The number of rotatable bonds is 2. The summed E-state index contributed by atoms with van der Waals surface area (Å²) in [6.45, 7) is 0. The van der Waals surface area contributed by atoms with Gasteiger partial charge < -0.3 is 0 Å². The Hall–Kier alpha value is -1.18. The van der Waals surface area contributed by atoms with Crippen LogP contribution in [0.25, 0.3) is 10.1 Å². The second-order valence-electron chi connectivity index (χ2n) is 2.98. The quantitative estimate of drug-likeness (QED) is 0.798. The van der Waals surface area contributed by atoms with Crippen LogP contribution in [0.5, 0.6) is 0 Å². The van der Waals surface area contributed by atoms with Crippen LogP contribution in [0.4, 0.5) is 0 Å². The molecule has 0 radical (unpaired) electrons. The largest absolute Gasteiger partial charge is 0.284 e. The molecule has 1 heterocycles. The van der Waals surface area contributed by atoms with E-state index in [1.54, 1.807) is 24.3 Å². The molecule has 1 N–H and O–H groups in total. The van der Waals surface area contributed by atoms with Crippen LogP contribution in [0, 0.1) is 0 Å². The van der Waals surface area contributed by atoms with Gasteiger partial charge in [-0.3, -0.25) is 9.35 Å². The Bertz CT molecular complexity index is 653. The maximum Gasteiger partial charge on any atom is 0.284 e. The Morgan fingerprint density at radius 3 is 2.60 bits per heavy atom. The van der Waals surface area contributed by atoms with Crippen molar-refractivity contribution >= 4 is 31.7 Å². The van der Waals surface area contributed by atoms with Gasteiger partial charge in [-0.2, -0.15) is 8.42 Å². The molecule has 15 heavy (non-hydrogen) atoms. The monoisotopic (exact) mass is 245 g/mol. The van der Waals surface area contributed by atoms with E-state index in [4.69, 9.17) is 4.55 Å². The zero-order valence-electron chi connectivity index (χ0n) is 7.45. The van der Waals surface area contributed by atoms with E-state index >= 15 is 0 Å². The lowest BCUT2D eigenvalue weighted by molar-refractivity contribution is 0.473. The maximum absolute atomic E-state index is 11.6. The molecule has 5 nitrogen and oxygen atoms in total. The highest BCUT2D eigenvalue weighted by Crippen LogP contribution is 2.16. The third kappa shape index (κ3) is 2.09. The SMILES string of the molecule is O=c1c2ccccc2sn1CS(=O)(=O)O. The number of nitrogens with zero attached hydrogens (tertiary/aromatic N) is 1. The normalized spacial score (nSPS) is 12.1. The summed E-state index contributed by atoms with van der Waals surface area (Å²) in [5.74, 6) is -0.689. The van der Waals surface area contributed by atoms with Crippen LogP contribution in [0.3, 0.4) is 0 Å². The van der Waals surface area contributed by atoms with Crippen LogP contribution in [-0.2, 0) is 16.0 Å².